The van der Waals surface area contributed by atoms with Crippen LogP contribution in [0.2, 0.25) is 5.28 Å². The molecule has 0 unspecified atom stereocenters. The van der Waals surface area contributed by atoms with Crippen molar-refractivity contribution in [1.29, 1.82) is 0 Å². The van der Waals surface area contributed by atoms with Gasteiger partial charge < -0.3 is 10.6 Å². The van der Waals surface area contributed by atoms with Crippen molar-refractivity contribution in [3.8, 4) is 0 Å². The third kappa shape index (κ3) is 3.51. The van der Waals surface area contributed by atoms with E-state index in [9.17, 15) is 8.78 Å². The van der Waals surface area contributed by atoms with E-state index in [-0.39, 0.29) is 27.3 Å². The molecule has 5 nitrogen and oxygen atoms in total. The zero-order chi connectivity index (χ0) is 14.7. The van der Waals surface area contributed by atoms with Gasteiger partial charge in [0.1, 0.15) is 11.6 Å². The number of hydrogen-bond acceptors (Lipinski definition) is 5. The second-order valence-electron chi connectivity index (χ2n) is 3.65. The van der Waals surface area contributed by atoms with Gasteiger partial charge in [0.2, 0.25) is 17.2 Å². The van der Waals surface area contributed by atoms with Crippen LogP contribution in [0.1, 0.15) is 6.92 Å². The smallest absolute Gasteiger partial charge is 0.233 e. The average Bonchev–Trinajstić information content (AvgIpc) is 2.35. The lowest BCUT2D eigenvalue weighted by Crippen LogP contribution is -2.07. The van der Waals surface area contributed by atoms with Gasteiger partial charge in [-0.05, 0) is 40.5 Å². The highest BCUT2D eigenvalue weighted by atomic mass is 79.9. The molecule has 1 aromatic heterocycles. The van der Waals surface area contributed by atoms with Crippen molar-refractivity contribution in [2.45, 2.75) is 6.92 Å². The molecule has 0 aliphatic rings. The quantitative estimate of drug-likeness (QED) is 0.809. The molecule has 0 saturated heterocycles. The number of benzene rings is 1. The third-order valence-corrected chi connectivity index (χ3v) is 2.98. The van der Waals surface area contributed by atoms with Gasteiger partial charge >= 0.3 is 0 Å². The number of anilines is 3. The van der Waals surface area contributed by atoms with Gasteiger partial charge in [0, 0.05) is 12.6 Å². The Kier molecular flexibility index (Phi) is 4.66. The van der Waals surface area contributed by atoms with E-state index in [0.29, 0.717) is 6.54 Å². The van der Waals surface area contributed by atoms with Crippen LogP contribution < -0.4 is 10.6 Å². The van der Waals surface area contributed by atoms with Crippen LogP contribution in [0.5, 0.6) is 0 Å². The Hall–Kier alpha value is -1.54. The van der Waals surface area contributed by atoms with Crippen molar-refractivity contribution < 1.29 is 8.78 Å². The van der Waals surface area contributed by atoms with Crippen LogP contribution in [-0.2, 0) is 0 Å². The summed E-state index contributed by atoms with van der Waals surface area (Å²) in [4.78, 5) is 11.6. The van der Waals surface area contributed by atoms with Crippen LogP contribution in [0.3, 0.4) is 0 Å². The molecule has 20 heavy (non-hydrogen) atoms. The second-order valence-corrected chi connectivity index (χ2v) is 4.85. The Morgan fingerprint density at radius 3 is 2.55 bits per heavy atom. The Morgan fingerprint density at radius 2 is 1.85 bits per heavy atom. The number of rotatable bonds is 4. The molecule has 0 amide bonds. The van der Waals surface area contributed by atoms with Crippen LogP contribution >= 0.6 is 27.5 Å². The maximum atomic E-state index is 13.7. The maximum Gasteiger partial charge on any atom is 0.233 e. The molecule has 1 aromatic carbocycles. The van der Waals surface area contributed by atoms with Crippen molar-refractivity contribution in [3.63, 3.8) is 0 Å². The molecule has 1 heterocycles. The van der Waals surface area contributed by atoms with Gasteiger partial charge in [0.15, 0.2) is 0 Å². The topological polar surface area (TPSA) is 62.7 Å². The fourth-order valence-electron chi connectivity index (χ4n) is 1.38. The molecular formula is C11H9BrClF2N5. The summed E-state index contributed by atoms with van der Waals surface area (Å²) < 4.78 is 27.1. The van der Waals surface area contributed by atoms with Gasteiger partial charge in [-0.15, -0.1) is 0 Å². The second kappa shape index (κ2) is 6.27. The van der Waals surface area contributed by atoms with Crippen LogP contribution in [-0.4, -0.2) is 21.5 Å². The summed E-state index contributed by atoms with van der Waals surface area (Å²) >= 11 is 8.62. The highest BCUT2D eigenvalue weighted by Gasteiger charge is 2.11. The van der Waals surface area contributed by atoms with E-state index in [2.05, 4.69) is 41.5 Å². The molecule has 0 bridgehead atoms. The van der Waals surface area contributed by atoms with Crippen LogP contribution in [0.4, 0.5) is 26.4 Å². The number of aromatic nitrogens is 3. The van der Waals surface area contributed by atoms with Gasteiger partial charge in [0.25, 0.3) is 0 Å². The Morgan fingerprint density at radius 1 is 1.15 bits per heavy atom. The molecule has 106 valence electrons. The monoisotopic (exact) mass is 363 g/mol. The summed E-state index contributed by atoms with van der Waals surface area (Å²) in [7, 11) is 0. The molecule has 2 N–H and O–H groups in total. The lowest BCUT2D eigenvalue weighted by Gasteiger charge is -2.08. The largest absolute Gasteiger partial charge is 0.354 e. The predicted octanol–water partition coefficient (Wildman–Crippen LogP) is 3.74. The van der Waals surface area contributed by atoms with Gasteiger partial charge in [-0.3, -0.25) is 0 Å². The van der Waals surface area contributed by atoms with E-state index in [1.807, 2.05) is 6.92 Å². The van der Waals surface area contributed by atoms with E-state index in [0.717, 1.165) is 12.1 Å². The summed E-state index contributed by atoms with van der Waals surface area (Å²) in [5.41, 5.74) is -0.101. The summed E-state index contributed by atoms with van der Waals surface area (Å²) in [6.45, 7) is 2.44. The van der Waals surface area contributed by atoms with Crippen LogP contribution in [0, 0.1) is 11.6 Å². The normalized spacial score (nSPS) is 10.4. The van der Waals surface area contributed by atoms with Crippen molar-refractivity contribution in [2.24, 2.45) is 0 Å². The van der Waals surface area contributed by atoms with Crippen molar-refractivity contribution in [1.82, 2.24) is 15.0 Å². The minimum absolute atomic E-state index is 0.0153. The van der Waals surface area contributed by atoms with Crippen LogP contribution in [0.25, 0.3) is 0 Å². The lowest BCUT2D eigenvalue weighted by molar-refractivity contribution is 0.597. The first-order valence-electron chi connectivity index (χ1n) is 5.56. The summed E-state index contributed by atoms with van der Waals surface area (Å²) in [6, 6.07) is 2.00. The molecule has 9 heteroatoms. The zero-order valence-corrected chi connectivity index (χ0v) is 12.6. The van der Waals surface area contributed by atoms with E-state index in [1.165, 1.54) is 0 Å². The lowest BCUT2D eigenvalue weighted by atomic mass is 10.3. The van der Waals surface area contributed by atoms with Gasteiger partial charge in [-0.2, -0.15) is 15.0 Å². The molecule has 0 saturated carbocycles. The first-order valence-corrected chi connectivity index (χ1v) is 6.73. The van der Waals surface area contributed by atoms with E-state index in [4.69, 9.17) is 11.6 Å². The van der Waals surface area contributed by atoms with E-state index in [1.54, 1.807) is 0 Å². The number of hydrogen-bond donors (Lipinski definition) is 2. The van der Waals surface area contributed by atoms with Crippen molar-refractivity contribution >= 4 is 45.1 Å². The molecule has 2 rings (SSSR count). The maximum absolute atomic E-state index is 13.7. The molecule has 0 aliphatic carbocycles. The number of nitrogens with one attached hydrogen (secondary N) is 2. The highest BCUT2D eigenvalue weighted by molar-refractivity contribution is 9.10. The predicted molar refractivity (Wildman–Crippen MR) is 76.3 cm³/mol. The molecule has 0 atom stereocenters. The zero-order valence-electron chi connectivity index (χ0n) is 10.2. The minimum atomic E-state index is -0.653. The standard InChI is InChI=1S/C11H9BrClF2N5/c1-2-16-10-18-9(13)19-11(20-10)17-8-4-6(14)5(12)3-7(8)15/h3-4H,2H2,1H3,(H2,16,17,18,19,20). The average molecular weight is 365 g/mol. The first kappa shape index (κ1) is 14.9. The van der Waals surface area contributed by atoms with Gasteiger partial charge in [0.05, 0.1) is 10.2 Å². The SMILES string of the molecule is CCNc1nc(Cl)nc(Nc2cc(F)c(Br)cc2F)n1. The number of nitrogens with zero attached hydrogens (tertiary/aromatic N) is 3. The molecule has 0 fully saturated rings. The minimum Gasteiger partial charge on any atom is -0.354 e. The molecular weight excluding hydrogens is 356 g/mol. The molecule has 0 aliphatic heterocycles. The van der Waals surface area contributed by atoms with Gasteiger partial charge in [-0.25, -0.2) is 8.78 Å². The Bertz CT molecular complexity index is 640. The first-order chi connectivity index (χ1) is 9.49. The van der Waals surface area contributed by atoms with E-state index < -0.39 is 11.6 Å². The van der Waals surface area contributed by atoms with Gasteiger partial charge in [-0.1, -0.05) is 0 Å². The fraction of sp³-hybridized carbons (Fsp3) is 0.182. The summed E-state index contributed by atoms with van der Waals surface area (Å²) in [6.07, 6.45) is 0. The Balaban J connectivity index is 2.32. The van der Waals surface area contributed by atoms with E-state index >= 15 is 0 Å². The number of halogens is 4. The van der Waals surface area contributed by atoms with Crippen LogP contribution in [0.15, 0.2) is 16.6 Å². The molecule has 0 spiro atoms. The van der Waals surface area contributed by atoms with Crippen molar-refractivity contribution in [3.05, 3.63) is 33.5 Å². The Labute approximate surface area is 126 Å². The molecule has 0 radical (unpaired) electrons. The highest BCUT2D eigenvalue weighted by Crippen LogP contribution is 2.25. The third-order valence-electron chi connectivity index (χ3n) is 2.20. The van der Waals surface area contributed by atoms with Crippen molar-refractivity contribution in [2.75, 3.05) is 17.2 Å². The fourth-order valence-corrected chi connectivity index (χ4v) is 1.86. The summed E-state index contributed by atoms with van der Waals surface area (Å²) in [5, 5.41) is 5.35. The molecule has 2 aromatic rings. The summed E-state index contributed by atoms with van der Waals surface area (Å²) in [5.74, 6) is -1.00.